The number of hydrogen-bond donors (Lipinski definition) is 3. The normalized spacial score (nSPS) is 34.4. The minimum atomic E-state index is -4.08. The number of rotatable bonds is 15. The molecule has 2 aromatic rings. The molecule has 0 bridgehead atoms. The SMILES string of the molecule is C[C@H](CCC(=O)NCCS(=O)(=O)O)[C@H]1CC[C@H]2[C@@H]3[C@@H](O)CC4C[C@H](OCCCCCOc5ccc6ccccc6c5)CC[C@]4(C)[C@H]3CC[C@]12C. The molecule has 3 N–H and O–H groups in total. The van der Waals surface area contributed by atoms with Crippen LogP contribution >= 0.6 is 0 Å². The van der Waals surface area contributed by atoms with E-state index in [0.717, 1.165) is 76.8 Å². The van der Waals surface area contributed by atoms with Crippen molar-refractivity contribution in [3.63, 3.8) is 0 Å². The van der Waals surface area contributed by atoms with Gasteiger partial charge in [0.1, 0.15) is 5.75 Å². The molecule has 0 heterocycles. The fraction of sp³-hybridized carbons (Fsp3) is 0.732. The first kappa shape index (κ1) is 37.6. The summed E-state index contributed by atoms with van der Waals surface area (Å²) in [7, 11) is -4.08. The first-order chi connectivity index (χ1) is 23.9. The fourth-order valence-corrected chi connectivity index (χ4v) is 11.7. The molecule has 8 nitrogen and oxygen atoms in total. The van der Waals surface area contributed by atoms with E-state index in [1.54, 1.807) is 0 Å². The number of amides is 1. The fourth-order valence-electron chi connectivity index (χ4n) is 11.4. The number of hydrogen-bond acceptors (Lipinski definition) is 6. The maximum Gasteiger partial charge on any atom is 0.266 e. The van der Waals surface area contributed by atoms with Crippen LogP contribution in [0.4, 0.5) is 0 Å². The molecule has 4 saturated carbocycles. The van der Waals surface area contributed by atoms with Gasteiger partial charge in [-0.3, -0.25) is 9.35 Å². The van der Waals surface area contributed by atoms with Crippen molar-refractivity contribution < 1.29 is 32.3 Å². The maximum atomic E-state index is 12.4. The van der Waals surface area contributed by atoms with E-state index in [-0.39, 0.29) is 29.4 Å². The Kier molecular flexibility index (Phi) is 11.9. The van der Waals surface area contributed by atoms with E-state index >= 15 is 0 Å². The van der Waals surface area contributed by atoms with Gasteiger partial charge in [0.25, 0.3) is 10.1 Å². The van der Waals surface area contributed by atoms with E-state index in [0.29, 0.717) is 48.0 Å². The molecule has 1 unspecified atom stereocenters. The van der Waals surface area contributed by atoms with Crippen LogP contribution in [0.1, 0.15) is 104 Å². The lowest BCUT2D eigenvalue weighted by Gasteiger charge is -2.62. The van der Waals surface area contributed by atoms with Gasteiger partial charge in [-0.2, -0.15) is 8.42 Å². The van der Waals surface area contributed by atoms with Crippen LogP contribution in [0.25, 0.3) is 10.8 Å². The van der Waals surface area contributed by atoms with E-state index in [1.165, 1.54) is 30.0 Å². The van der Waals surface area contributed by atoms with Gasteiger partial charge in [0, 0.05) is 19.6 Å². The molecule has 0 spiro atoms. The third kappa shape index (κ3) is 8.37. The summed E-state index contributed by atoms with van der Waals surface area (Å²) in [5.41, 5.74) is 0.433. The van der Waals surface area contributed by atoms with Crippen molar-refractivity contribution in [1.82, 2.24) is 5.32 Å². The molecule has 10 atom stereocenters. The Labute approximate surface area is 300 Å². The van der Waals surface area contributed by atoms with Crippen LogP contribution in [-0.2, 0) is 19.6 Å². The van der Waals surface area contributed by atoms with E-state index < -0.39 is 15.9 Å². The van der Waals surface area contributed by atoms with E-state index in [1.807, 2.05) is 0 Å². The molecule has 6 rings (SSSR count). The van der Waals surface area contributed by atoms with Crippen LogP contribution < -0.4 is 10.1 Å². The molecule has 0 aromatic heterocycles. The van der Waals surface area contributed by atoms with Gasteiger partial charge in [-0.25, -0.2) is 0 Å². The summed E-state index contributed by atoms with van der Waals surface area (Å²) in [6.45, 7) is 8.73. The number of aliphatic hydroxyl groups excluding tert-OH is 1. The van der Waals surface area contributed by atoms with Crippen molar-refractivity contribution in [3.8, 4) is 5.75 Å². The highest BCUT2D eigenvalue weighted by Crippen LogP contribution is 2.68. The molecule has 4 aliphatic carbocycles. The summed E-state index contributed by atoms with van der Waals surface area (Å²) in [6, 6.07) is 14.7. The summed E-state index contributed by atoms with van der Waals surface area (Å²) in [4.78, 5) is 12.4. The molecular weight excluding hydrogens is 651 g/mol. The van der Waals surface area contributed by atoms with Gasteiger partial charge >= 0.3 is 0 Å². The molecule has 278 valence electrons. The minimum absolute atomic E-state index is 0.0630. The number of carbonyl (C=O) groups excluding carboxylic acids is 1. The molecule has 9 heteroatoms. The average molecular weight is 712 g/mol. The van der Waals surface area contributed by atoms with Crippen molar-refractivity contribution >= 4 is 26.8 Å². The predicted molar refractivity (Wildman–Crippen MR) is 197 cm³/mol. The van der Waals surface area contributed by atoms with Crippen LogP contribution in [0.3, 0.4) is 0 Å². The van der Waals surface area contributed by atoms with Gasteiger partial charge < -0.3 is 19.9 Å². The highest BCUT2D eigenvalue weighted by molar-refractivity contribution is 7.85. The van der Waals surface area contributed by atoms with Crippen molar-refractivity contribution in [2.75, 3.05) is 25.5 Å². The molecule has 1 amide bonds. The third-order valence-corrected chi connectivity index (χ3v) is 14.8. The molecule has 50 heavy (non-hydrogen) atoms. The zero-order valence-corrected chi connectivity index (χ0v) is 31.3. The summed E-state index contributed by atoms with van der Waals surface area (Å²) >= 11 is 0. The van der Waals surface area contributed by atoms with Gasteiger partial charge in [-0.15, -0.1) is 0 Å². The molecule has 2 aromatic carbocycles. The van der Waals surface area contributed by atoms with Crippen LogP contribution in [0, 0.1) is 46.3 Å². The number of unbranched alkanes of at least 4 members (excludes halogenated alkanes) is 2. The Bertz CT molecular complexity index is 1560. The number of fused-ring (bicyclic) bond motifs is 6. The van der Waals surface area contributed by atoms with Crippen LogP contribution in [0.5, 0.6) is 5.75 Å². The van der Waals surface area contributed by atoms with Crippen LogP contribution in [0.15, 0.2) is 42.5 Å². The first-order valence-electron chi connectivity index (χ1n) is 19.5. The number of nitrogens with one attached hydrogen (secondary N) is 1. The highest BCUT2D eigenvalue weighted by Gasteiger charge is 2.63. The van der Waals surface area contributed by atoms with E-state index in [4.69, 9.17) is 14.0 Å². The first-order valence-corrected chi connectivity index (χ1v) is 21.1. The summed E-state index contributed by atoms with van der Waals surface area (Å²) in [5, 5.41) is 16.9. The Balaban J connectivity index is 0.934. The number of ether oxygens (including phenoxy) is 2. The maximum absolute atomic E-state index is 12.4. The lowest BCUT2D eigenvalue weighted by Crippen LogP contribution is -2.58. The minimum Gasteiger partial charge on any atom is -0.494 e. The smallest absolute Gasteiger partial charge is 0.266 e. The average Bonchev–Trinajstić information content (AvgIpc) is 3.44. The van der Waals surface area contributed by atoms with Gasteiger partial charge in [0.15, 0.2) is 0 Å². The Morgan fingerprint density at radius 3 is 2.48 bits per heavy atom. The molecule has 0 radical (unpaired) electrons. The van der Waals surface area contributed by atoms with Gasteiger partial charge in [0.05, 0.1) is 24.6 Å². The molecule has 0 aliphatic heterocycles. The zero-order chi connectivity index (χ0) is 35.5. The largest absolute Gasteiger partial charge is 0.494 e. The molecule has 4 aliphatic rings. The molecule has 4 fully saturated rings. The van der Waals surface area contributed by atoms with Gasteiger partial charge in [-0.05, 0) is 146 Å². The van der Waals surface area contributed by atoms with Crippen molar-refractivity contribution in [1.29, 1.82) is 0 Å². The van der Waals surface area contributed by atoms with Crippen molar-refractivity contribution in [3.05, 3.63) is 42.5 Å². The Hall–Kier alpha value is -2.20. The summed E-state index contributed by atoms with van der Waals surface area (Å²) < 4.78 is 43.4. The number of aliphatic hydroxyl groups is 1. The lowest BCUT2D eigenvalue weighted by atomic mass is 9.43. The third-order valence-electron chi connectivity index (χ3n) is 14.0. The topological polar surface area (TPSA) is 122 Å². The number of benzene rings is 2. The summed E-state index contributed by atoms with van der Waals surface area (Å²) in [6.07, 6.45) is 13.2. The van der Waals surface area contributed by atoms with E-state index in [2.05, 4.69) is 68.6 Å². The number of carbonyl (C=O) groups is 1. The molecule has 0 saturated heterocycles. The Morgan fingerprint density at radius 2 is 1.68 bits per heavy atom. The Morgan fingerprint density at radius 1 is 0.940 bits per heavy atom. The second kappa shape index (κ2) is 15.8. The van der Waals surface area contributed by atoms with Gasteiger partial charge in [-0.1, -0.05) is 51.1 Å². The van der Waals surface area contributed by atoms with E-state index in [9.17, 15) is 18.3 Å². The highest BCUT2D eigenvalue weighted by atomic mass is 32.2. The predicted octanol–water partition coefficient (Wildman–Crippen LogP) is 7.82. The van der Waals surface area contributed by atoms with Crippen LogP contribution in [-0.4, -0.2) is 61.7 Å². The standard InChI is InChI=1S/C41H61NO7S/c1-28(11-16-38(44)42-21-24-50(45,46)47)34-14-15-35-39-36(18-20-41(34,35)3)40(2)19-17-33(26-31(40)27-37(39)43)49-23-8-4-7-22-48-32-13-12-29-9-5-6-10-30(29)25-32/h5-6,9-10,12-13,25,28,31,33-37,39,43H,4,7-8,11,14-24,26-27H2,1-3H3,(H,42,44)(H,45,46,47)/t28-,31?,33-,34-,35+,36+,37+,39+,40+,41-/m1/s1. The monoisotopic (exact) mass is 711 g/mol. The second-order valence-corrected chi connectivity index (χ2v) is 18.4. The lowest BCUT2D eigenvalue weighted by molar-refractivity contribution is -0.178. The summed E-state index contributed by atoms with van der Waals surface area (Å²) in [5.74, 6) is 3.15. The zero-order valence-electron chi connectivity index (χ0n) is 30.5. The molecular formula is C41H61NO7S. The second-order valence-electron chi connectivity index (χ2n) is 16.9. The van der Waals surface area contributed by atoms with Crippen LogP contribution in [0.2, 0.25) is 0 Å². The van der Waals surface area contributed by atoms with Crippen molar-refractivity contribution in [2.45, 2.75) is 116 Å². The van der Waals surface area contributed by atoms with Gasteiger partial charge in [0.2, 0.25) is 5.91 Å². The quantitative estimate of drug-likeness (QED) is 0.127. The van der Waals surface area contributed by atoms with Crippen molar-refractivity contribution in [2.24, 2.45) is 46.3 Å².